The van der Waals surface area contributed by atoms with Crippen LogP contribution in [0.25, 0.3) is 0 Å². The molecular formula is C13H16N2O. The Morgan fingerprint density at radius 2 is 2.00 bits per heavy atom. The molecule has 1 aromatic carbocycles. The van der Waals surface area contributed by atoms with Crippen molar-refractivity contribution in [1.29, 1.82) is 0 Å². The van der Waals surface area contributed by atoms with Crippen LogP contribution in [0.1, 0.15) is 30.0 Å². The lowest BCUT2D eigenvalue weighted by molar-refractivity contribution is 0.208. The number of rotatable bonds is 3. The highest BCUT2D eigenvalue weighted by Crippen LogP contribution is 2.22. The SMILES string of the molecule is CCn1nc(C)cc1C(O)c1ccccc1. The number of hydrogen-bond acceptors (Lipinski definition) is 2. The molecule has 2 aromatic rings. The molecule has 0 aliphatic carbocycles. The predicted octanol–water partition coefficient (Wildman–Crippen LogP) is 2.29. The summed E-state index contributed by atoms with van der Waals surface area (Å²) in [5, 5.41) is 14.6. The van der Waals surface area contributed by atoms with E-state index in [1.165, 1.54) is 0 Å². The van der Waals surface area contributed by atoms with Crippen molar-refractivity contribution in [2.45, 2.75) is 26.5 Å². The van der Waals surface area contributed by atoms with E-state index in [1.54, 1.807) is 0 Å². The molecule has 0 bridgehead atoms. The normalized spacial score (nSPS) is 12.7. The van der Waals surface area contributed by atoms with Crippen molar-refractivity contribution in [1.82, 2.24) is 9.78 Å². The lowest BCUT2D eigenvalue weighted by atomic mass is 10.1. The number of aryl methyl sites for hydroxylation is 2. The quantitative estimate of drug-likeness (QED) is 0.854. The standard InChI is InChI=1S/C13H16N2O/c1-3-15-12(9-10(2)14-15)13(16)11-7-5-4-6-8-11/h4-9,13,16H,3H2,1-2H3. The molecule has 0 amide bonds. The molecule has 1 atom stereocenters. The van der Waals surface area contributed by atoms with Gasteiger partial charge in [-0.15, -0.1) is 0 Å². The van der Waals surface area contributed by atoms with Crippen molar-refractivity contribution in [2.24, 2.45) is 0 Å². The highest BCUT2D eigenvalue weighted by molar-refractivity contribution is 5.26. The summed E-state index contributed by atoms with van der Waals surface area (Å²) >= 11 is 0. The van der Waals surface area contributed by atoms with Crippen LogP contribution in [0.5, 0.6) is 0 Å². The van der Waals surface area contributed by atoms with E-state index in [0.717, 1.165) is 23.5 Å². The highest BCUT2D eigenvalue weighted by Gasteiger charge is 2.15. The van der Waals surface area contributed by atoms with Gasteiger partial charge in [0, 0.05) is 6.54 Å². The van der Waals surface area contributed by atoms with Crippen LogP contribution in [0.15, 0.2) is 36.4 Å². The Morgan fingerprint density at radius 3 is 2.62 bits per heavy atom. The molecule has 16 heavy (non-hydrogen) atoms. The molecular weight excluding hydrogens is 200 g/mol. The number of aromatic nitrogens is 2. The van der Waals surface area contributed by atoms with Gasteiger partial charge in [-0.3, -0.25) is 4.68 Å². The first-order chi connectivity index (χ1) is 7.72. The first-order valence-corrected chi connectivity index (χ1v) is 5.49. The zero-order chi connectivity index (χ0) is 11.5. The first kappa shape index (κ1) is 10.9. The Morgan fingerprint density at radius 1 is 1.31 bits per heavy atom. The lowest BCUT2D eigenvalue weighted by Gasteiger charge is -2.12. The Hall–Kier alpha value is -1.61. The van der Waals surface area contributed by atoms with Crippen molar-refractivity contribution in [3.8, 4) is 0 Å². The van der Waals surface area contributed by atoms with E-state index < -0.39 is 6.10 Å². The number of benzene rings is 1. The van der Waals surface area contributed by atoms with Gasteiger partial charge < -0.3 is 5.11 Å². The van der Waals surface area contributed by atoms with E-state index in [-0.39, 0.29) is 0 Å². The maximum Gasteiger partial charge on any atom is 0.121 e. The summed E-state index contributed by atoms with van der Waals surface area (Å²) in [7, 11) is 0. The van der Waals surface area contributed by atoms with E-state index in [4.69, 9.17) is 0 Å². The molecule has 0 fully saturated rings. The van der Waals surface area contributed by atoms with Crippen LogP contribution < -0.4 is 0 Å². The molecule has 1 N–H and O–H groups in total. The van der Waals surface area contributed by atoms with Crippen molar-refractivity contribution < 1.29 is 5.11 Å². The summed E-state index contributed by atoms with van der Waals surface area (Å²) in [5.74, 6) is 0. The molecule has 0 aliphatic rings. The summed E-state index contributed by atoms with van der Waals surface area (Å²) in [5.41, 5.74) is 2.69. The summed E-state index contributed by atoms with van der Waals surface area (Å²) in [6.45, 7) is 4.73. The average molecular weight is 216 g/mol. The average Bonchev–Trinajstić information content (AvgIpc) is 2.70. The minimum Gasteiger partial charge on any atom is -0.382 e. The van der Waals surface area contributed by atoms with Gasteiger partial charge in [0.05, 0.1) is 11.4 Å². The molecule has 84 valence electrons. The fraction of sp³-hybridized carbons (Fsp3) is 0.308. The van der Waals surface area contributed by atoms with Gasteiger partial charge in [0.1, 0.15) is 6.10 Å². The van der Waals surface area contributed by atoms with Crippen LogP contribution in [-0.2, 0) is 6.54 Å². The van der Waals surface area contributed by atoms with Gasteiger partial charge in [-0.2, -0.15) is 5.10 Å². The number of aliphatic hydroxyl groups is 1. The molecule has 2 rings (SSSR count). The van der Waals surface area contributed by atoms with Crippen LogP contribution in [0.4, 0.5) is 0 Å². The summed E-state index contributed by atoms with van der Waals surface area (Å²) in [6, 6.07) is 11.6. The van der Waals surface area contributed by atoms with Gasteiger partial charge >= 0.3 is 0 Å². The van der Waals surface area contributed by atoms with Crippen LogP contribution in [-0.4, -0.2) is 14.9 Å². The number of hydrogen-bond donors (Lipinski definition) is 1. The Bertz CT molecular complexity index is 462. The van der Waals surface area contributed by atoms with Gasteiger partial charge in [-0.25, -0.2) is 0 Å². The molecule has 1 heterocycles. The Labute approximate surface area is 95.3 Å². The van der Waals surface area contributed by atoms with E-state index in [0.29, 0.717) is 0 Å². The van der Waals surface area contributed by atoms with Gasteiger partial charge in [-0.05, 0) is 25.5 Å². The second-order valence-electron chi connectivity index (χ2n) is 3.84. The van der Waals surface area contributed by atoms with Crippen LogP contribution in [0.2, 0.25) is 0 Å². The fourth-order valence-electron chi connectivity index (χ4n) is 1.85. The van der Waals surface area contributed by atoms with Gasteiger partial charge in [0.25, 0.3) is 0 Å². The van der Waals surface area contributed by atoms with Gasteiger partial charge in [0.2, 0.25) is 0 Å². The molecule has 0 radical (unpaired) electrons. The summed E-state index contributed by atoms with van der Waals surface area (Å²) in [6.07, 6.45) is -0.595. The largest absolute Gasteiger partial charge is 0.382 e. The summed E-state index contributed by atoms with van der Waals surface area (Å²) < 4.78 is 1.84. The molecule has 1 aromatic heterocycles. The highest BCUT2D eigenvalue weighted by atomic mass is 16.3. The second kappa shape index (κ2) is 4.49. The fourth-order valence-corrected chi connectivity index (χ4v) is 1.85. The van der Waals surface area contributed by atoms with Crippen LogP contribution >= 0.6 is 0 Å². The molecule has 1 unspecified atom stereocenters. The molecule has 0 saturated carbocycles. The van der Waals surface area contributed by atoms with Crippen molar-refractivity contribution >= 4 is 0 Å². The third-order valence-corrected chi connectivity index (χ3v) is 2.63. The van der Waals surface area contributed by atoms with E-state index in [2.05, 4.69) is 5.10 Å². The number of nitrogens with zero attached hydrogens (tertiary/aromatic N) is 2. The van der Waals surface area contributed by atoms with Gasteiger partial charge in [0.15, 0.2) is 0 Å². The maximum atomic E-state index is 10.3. The van der Waals surface area contributed by atoms with Crippen molar-refractivity contribution in [3.05, 3.63) is 53.3 Å². The Balaban J connectivity index is 2.37. The Kier molecular flexibility index (Phi) is 3.06. The molecule has 3 heteroatoms. The predicted molar refractivity (Wildman–Crippen MR) is 63.1 cm³/mol. The zero-order valence-corrected chi connectivity index (χ0v) is 9.59. The van der Waals surface area contributed by atoms with Crippen LogP contribution in [0.3, 0.4) is 0 Å². The molecule has 0 spiro atoms. The van der Waals surface area contributed by atoms with Gasteiger partial charge in [-0.1, -0.05) is 30.3 Å². The third-order valence-electron chi connectivity index (χ3n) is 2.63. The molecule has 0 aliphatic heterocycles. The lowest BCUT2D eigenvalue weighted by Crippen LogP contribution is -2.08. The smallest absolute Gasteiger partial charge is 0.121 e. The zero-order valence-electron chi connectivity index (χ0n) is 9.59. The molecule has 3 nitrogen and oxygen atoms in total. The third kappa shape index (κ3) is 1.99. The van der Waals surface area contributed by atoms with E-state index in [9.17, 15) is 5.11 Å². The summed E-state index contributed by atoms with van der Waals surface area (Å²) in [4.78, 5) is 0. The maximum absolute atomic E-state index is 10.3. The minimum atomic E-state index is -0.595. The monoisotopic (exact) mass is 216 g/mol. The van der Waals surface area contributed by atoms with Crippen molar-refractivity contribution in [3.63, 3.8) is 0 Å². The van der Waals surface area contributed by atoms with Crippen LogP contribution in [0, 0.1) is 6.92 Å². The first-order valence-electron chi connectivity index (χ1n) is 5.49. The van der Waals surface area contributed by atoms with E-state index in [1.807, 2.05) is 54.9 Å². The second-order valence-corrected chi connectivity index (χ2v) is 3.84. The molecule has 0 saturated heterocycles. The number of aliphatic hydroxyl groups excluding tert-OH is 1. The van der Waals surface area contributed by atoms with Crippen molar-refractivity contribution in [2.75, 3.05) is 0 Å². The topological polar surface area (TPSA) is 38.0 Å². The van der Waals surface area contributed by atoms with E-state index >= 15 is 0 Å². The minimum absolute atomic E-state index is 0.595.